The van der Waals surface area contributed by atoms with E-state index in [4.69, 9.17) is 4.74 Å². The second-order valence-electron chi connectivity index (χ2n) is 13.7. The van der Waals surface area contributed by atoms with E-state index in [0.717, 1.165) is 23.9 Å². The molecule has 1 fully saturated rings. The lowest BCUT2D eigenvalue weighted by atomic mass is 9.70. The van der Waals surface area contributed by atoms with Crippen molar-refractivity contribution in [1.82, 2.24) is 10.2 Å². The van der Waals surface area contributed by atoms with Crippen LogP contribution in [0.4, 0.5) is 5.69 Å². The van der Waals surface area contributed by atoms with Crippen molar-refractivity contribution >= 4 is 45.6 Å². The number of carbonyl (C=O) groups is 5. The van der Waals surface area contributed by atoms with Crippen LogP contribution in [0, 0.1) is 6.92 Å². The number of aromatic hydroxyl groups is 2. The number of imide groups is 1. The van der Waals surface area contributed by atoms with Gasteiger partial charge >= 0.3 is 0 Å². The lowest BCUT2D eigenvalue weighted by Crippen LogP contribution is -2.57. The summed E-state index contributed by atoms with van der Waals surface area (Å²) in [5.74, 6) is -3.65. The number of hydrogen-bond donors (Lipinski definition) is 3. The van der Waals surface area contributed by atoms with Gasteiger partial charge in [-0.2, -0.15) is 0 Å². The minimum atomic E-state index is -1.66. The fourth-order valence-corrected chi connectivity index (χ4v) is 8.09. The first-order valence-corrected chi connectivity index (χ1v) is 16.4. The number of carbonyl (C=O) groups excluding carboxylic acids is 5. The van der Waals surface area contributed by atoms with Crippen LogP contribution in [0.3, 0.4) is 0 Å². The molecule has 3 aromatic rings. The fourth-order valence-electron chi connectivity index (χ4n) is 8.09. The number of nitrogens with zero attached hydrogens (tertiary/aromatic N) is 2. The summed E-state index contributed by atoms with van der Waals surface area (Å²) in [7, 11) is 3.82. The molecular weight excluding hydrogens is 626 g/mol. The Morgan fingerprint density at radius 1 is 0.980 bits per heavy atom. The zero-order valence-corrected chi connectivity index (χ0v) is 28.2. The zero-order chi connectivity index (χ0) is 35.3. The Kier molecular flexibility index (Phi) is 7.24. The molecule has 3 aromatic carbocycles. The molecule has 49 heavy (non-hydrogen) atoms. The molecule has 2 aliphatic carbocycles. The number of rotatable bonds is 5. The summed E-state index contributed by atoms with van der Waals surface area (Å²) in [4.78, 5) is 72.1. The second-order valence-corrected chi connectivity index (χ2v) is 13.7. The van der Waals surface area contributed by atoms with Gasteiger partial charge in [-0.15, -0.1) is 0 Å². The van der Waals surface area contributed by atoms with Crippen molar-refractivity contribution in [2.75, 3.05) is 19.0 Å². The van der Waals surface area contributed by atoms with Crippen LogP contribution in [0.2, 0.25) is 0 Å². The van der Waals surface area contributed by atoms with Crippen molar-refractivity contribution in [3.05, 3.63) is 81.3 Å². The number of ketones is 3. The summed E-state index contributed by atoms with van der Waals surface area (Å²) in [5.41, 5.74) is 0.0658. The van der Waals surface area contributed by atoms with E-state index in [1.807, 2.05) is 37.2 Å². The Bertz CT molecular complexity index is 2120. The molecule has 3 atom stereocenters. The van der Waals surface area contributed by atoms with Gasteiger partial charge in [0.2, 0.25) is 0 Å². The molecule has 3 N–H and O–H groups in total. The highest BCUT2D eigenvalue weighted by Crippen LogP contribution is 2.57. The number of allylic oxidation sites excluding steroid dienone is 4. The lowest BCUT2D eigenvalue weighted by Gasteiger charge is -2.41. The number of benzene rings is 3. The number of ether oxygens (including phenoxy) is 1. The first-order valence-electron chi connectivity index (χ1n) is 16.4. The minimum absolute atomic E-state index is 0.00682. The van der Waals surface area contributed by atoms with Crippen LogP contribution in [0.5, 0.6) is 17.2 Å². The van der Waals surface area contributed by atoms with Crippen molar-refractivity contribution in [3.8, 4) is 17.2 Å². The van der Waals surface area contributed by atoms with Crippen LogP contribution in [-0.2, 0) is 15.0 Å². The van der Waals surface area contributed by atoms with Gasteiger partial charge < -0.3 is 25.2 Å². The van der Waals surface area contributed by atoms with Crippen LogP contribution < -0.4 is 15.0 Å². The number of fused-ring (bicyclic) bond motifs is 3. The van der Waals surface area contributed by atoms with Gasteiger partial charge in [-0.05, 0) is 58.7 Å². The van der Waals surface area contributed by atoms with Crippen molar-refractivity contribution in [2.45, 2.75) is 70.9 Å². The molecule has 0 radical (unpaired) electrons. The van der Waals surface area contributed by atoms with E-state index in [9.17, 15) is 34.2 Å². The number of amides is 2. The Balaban J connectivity index is 1.27. The van der Waals surface area contributed by atoms with Crippen LogP contribution in [0.1, 0.15) is 88.7 Å². The van der Waals surface area contributed by atoms with E-state index in [2.05, 4.69) is 5.32 Å². The number of Topliss-reactive ketones (excluding diaryl/α,β-unsaturated/α-hetero) is 2. The third-order valence-electron chi connectivity index (χ3n) is 10.6. The summed E-state index contributed by atoms with van der Waals surface area (Å²) in [5, 5.41) is 26.6. The number of hydrogen-bond acceptors (Lipinski definition) is 10. The smallest absolute Gasteiger partial charge is 0.261 e. The maximum atomic E-state index is 14.4. The van der Waals surface area contributed by atoms with E-state index < -0.39 is 46.3 Å². The maximum Gasteiger partial charge on any atom is 0.261 e. The fraction of sp³-hybridized carbons (Fsp3) is 0.342. The average Bonchev–Trinajstić information content (AvgIpc) is 3.35. The van der Waals surface area contributed by atoms with Gasteiger partial charge in [-0.25, -0.2) is 0 Å². The van der Waals surface area contributed by atoms with Gasteiger partial charge in [0.15, 0.2) is 17.3 Å². The molecular formula is C38H37N3O8. The third kappa shape index (κ3) is 4.37. The highest BCUT2D eigenvalue weighted by molar-refractivity contribution is 6.31. The molecule has 1 saturated carbocycles. The quantitative estimate of drug-likeness (QED) is 0.147. The van der Waals surface area contributed by atoms with E-state index in [1.54, 1.807) is 19.1 Å². The third-order valence-corrected chi connectivity index (χ3v) is 10.6. The minimum Gasteiger partial charge on any atom is -0.507 e. The first kappa shape index (κ1) is 32.1. The van der Waals surface area contributed by atoms with Crippen LogP contribution >= 0.6 is 0 Å². The van der Waals surface area contributed by atoms with E-state index in [1.165, 1.54) is 31.7 Å². The molecule has 11 heteroatoms. The number of anilines is 1. The Labute approximate surface area is 282 Å². The molecule has 2 heterocycles. The highest BCUT2D eigenvalue weighted by atomic mass is 16.5. The van der Waals surface area contributed by atoms with Crippen molar-refractivity contribution < 1.29 is 38.9 Å². The summed E-state index contributed by atoms with van der Waals surface area (Å²) < 4.78 is 5.89. The molecule has 4 aliphatic rings. The summed E-state index contributed by atoms with van der Waals surface area (Å²) in [6.07, 6.45) is 3.88. The molecule has 252 valence electrons. The summed E-state index contributed by atoms with van der Waals surface area (Å²) in [6, 6.07) is 8.10. The molecule has 2 aliphatic heterocycles. The molecule has 2 amide bonds. The van der Waals surface area contributed by atoms with Crippen molar-refractivity contribution in [2.24, 2.45) is 0 Å². The van der Waals surface area contributed by atoms with E-state index in [-0.39, 0.29) is 51.3 Å². The second kappa shape index (κ2) is 11.0. The number of phenols is 2. The number of nitrogens with one attached hydrogen (secondary N) is 1. The molecule has 0 spiro atoms. The largest absolute Gasteiger partial charge is 0.507 e. The molecule has 0 bridgehead atoms. The normalized spacial score (nSPS) is 24.0. The molecule has 0 saturated heterocycles. The molecule has 7 rings (SSSR count). The highest BCUT2D eigenvalue weighted by Gasteiger charge is 2.56. The first-order chi connectivity index (χ1) is 23.2. The molecule has 0 aromatic heterocycles. The van der Waals surface area contributed by atoms with Gasteiger partial charge in [0.05, 0.1) is 17.2 Å². The van der Waals surface area contributed by atoms with Gasteiger partial charge in [0, 0.05) is 65.1 Å². The van der Waals surface area contributed by atoms with Crippen LogP contribution in [0.15, 0.2) is 53.4 Å². The standard InChI is InChI=1S/C38H37N3O8/c1-17-32(44)29(19(3)42)34-31(33(17)45)38(4)27(49-34)16-26(43)28(35(38)46)18(2)39-23-12-7-8-13-25(23)41-36(47)21-11-9-10-20-24(40(5)6)15-14-22(30(20)21)37(41)48/h9-11,14-16,23,25,39,44-45H,7-8,12-13H2,1-6H3/b28-18-/t23-,25-,38+/m1/s1. The van der Waals surface area contributed by atoms with E-state index in [0.29, 0.717) is 29.4 Å². The maximum absolute atomic E-state index is 14.4. The van der Waals surface area contributed by atoms with Crippen molar-refractivity contribution in [3.63, 3.8) is 0 Å². The average molecular weight is 664 g/mol. The van der Waals surface area contributed by atoms with Crippen LogP contribution in [-0.4, -0.2) is 70.5 Å². The zero-order valence-electron chi connectivity index (χ0n) is 28.2. The molecule has 11 nitrogen and oxygen atoms in total. The predicted molar refractivity (Wildman–Crippen MR) is 181 cm³/mol. The monoisotopic (exact) mass is 663 g/mol. The predicted octanol–water partition coefficient (Wildman–Crippen LogP) is 4.98. The van der Waals surface area contributed by atoms with E-state index >= 15 is 0 Å². The topological polar surface area (TPSA) is 154 Å². The van der Waals surface area contributed by atoms with Gasteiger partial charge in [0.1, 0.15) is 34.0 Å². The Morgan fingerprint density at radius 3 is 2.33 bits per heavy atom. The lowest BCUT2D eigenvalue weighted by molar-refractivity contribution is -0.123. The van der Waals surface area contributed by atoms with Gasteiger partial charge in [-0.1, -0.05) is 25.0 Å². The Morgan fingerprint density at radius 2 is 1.65 bits per heavy atom. The SMILES string of the molecule is CC(=O)c1c(O)c(C)c(O)c2c1OC1=CC(=O)/C(=C(\C)N[C@@H]3CCCC[C@H]3N3C(=O)c4cccc5c(N(C)C)ccc(c45)C3=O)C(=O)[C@@]12C. The van der Waals surface area contributed by atoms with Gasteiger partial charge in [-0.3, -0.25) is 28.9 Å². The van der Waals surface area contributed by atoms with Crippen LogP contribution in [0.25, 0.3) is 10.8 Å². The van der Waals surface area contributed by atoms with Gasteiger partial charge in [0.25, 0.3) is 11.8 Å². The molecule has 0 unspecified atom stereocenters. The summed E-state index contributed by atoms with van der Waals surface area (Å²) >= 11 is 0. The summed E-state index contributed by atoms with van der Waals surface area (Å²) in [6.45, 7) is 5.79. The van der Waals surface area contributed by atoms with Crippen molar-refractivity contribution in [1.29, 1.82) is 0 Å². The Hall–Kier alpha value is -5.45. The number of phenolic OH excluding ortho intramolecular Hbond substituents is 2.